The van der Waals surface area contributed by atoms with Gasteiger partial charge in [0, 0.05) is 36.3 Å². The molecule has 0 N–H and O–H groups in total. The molecular weight excluding hydrogens is 323 g/mol. The van der Waals surface area contributed by atoms with Gasteiger partial charge >= 0.3 is 0 Å². The van der Waals surface area contributed by atoms with Crippen LogP contribution in [0.15, 0.2) is 36.5 Å². The summed E-state index contributed by atoms with van der Waals surface area (Å²) in [5.74, 6) is 0. The van der Waals surface area contributed by atoms with Gasteiger partial charge in [0.05, 0.1) is 0 Å². The van der Waals surface area contributed by atoms with Crippen molar-refractivity contribution >= 4 is 16.6 Å². The normalized spacial score (nSPS) is 10.1. The molecular formula is C14H19IN2. The van der Waals surface area contributed by atoms with Crippen LogP contribution in [-0.2, 0) is 7.05 Å². The third kappa shape index (κ3) is 2.89. The molecule has 0 aliphatic carbocycles. The topological polar surface area (TPSA) is 7.12 Å². The first-order valence-electron chi connectivity index (χ1n) is 5.89. The van der Waals surface area contributed by atoms with Gasteiger partial charge in [0.2, 0.25) is 5.52 Å². The van der Waals surface area contributed by atoms with Gasteiger partial charge in [0.15, 0.2) is 6.20 Å². The molecule has 0 saturated carbocycles. The third-order valence-corrected chi connectivity index (χ3v) is 3.11. The molecule has 1 aromatic heterocycles. The molecule has 1 heterocycles. The lowest BCUT2D eigenvalue weighted by molar-refractivity contribution is -0.644. The highest BCUT2D eigenvalue weighted by molar-refractivity contribution is 5.79. The average molecular weight is 342 g/mol. The largest absolute Gasteiger partial charge is 1.00 e. The Balaban J connectivity index is 0.00000144. The standard InChI is InChI=1S/C14H19N2.HI/c1-4-16(5-2)13-9-8-12-7-6-10-15(3)14(12)11-13;/h6-11H,4-5H2,1-3H3;1H/q+1;/p-1. The van der Waals surface area contributed by atoms with E-state index in [4.69, 9.17) is 0 Å². The van der Waals surface area contributed by atoms with Gasteiger partial charge < -0.3 is 28.9 Å². The maximum Gasteiger partial charge on any atom is 0.214 e. The Kier molecular flexibility index (Phi) is 5.18. The molecule has 0 saturated heterocycles. The molecule has 0 amide bonds. The second-order valence-corrected chi connectivity index (χ2v) is 4.03. The molecule has 0 fully saturated rings. The number of anilines is 1. The minimum absolute atomic E-state index is 0. The summed E-state index contributed by atoms with van der Waals surface area (Å²) in [6.45, 7) is 6.49. The predicted molar refractivity (Wildman–Crippen MR) is 68.7 cm³/mol. The molecule has 2 nitrogen and oxygen atoms in total. The van der Waals surface area contributed by atoms with Gasteiger partial charge in [-0.3, -0.25) is 0 Å². The highest BCUT2D eigenvalue weighted by Crippen LogP contribution is 2.19. The molecule has 0 bridgehead atoms. The fourth-order valence-electron chi connectivity index (χ4n) is 2.12. The molecule has 0 atom stereocenters. The van der Waals surface area contributed by atoms with Crippen LogP contribution in [0.1, 0.15) is 13.8 Å². The van der Waals surface area contributed by atoms with Crippen LogP contribution in [0.2, 0.25) is 0 Å². The highest BCUT2D eigenvalue weighted by atomic mass is 127. The van der Waals surface area contributed by atoms with E-state index < -0.39 is 0 Å². The molecule has 0 aliphatic rings. The van der Waals surface area contributed by atoms with Gasteiger partial charge in [-0.15, -0.1) is 0 Å². The number of fused-ring (bicyclic) bond motifs is 1. The smallest absolute Gasteiger partial charge is 0.214 e. The maximum absolute atomic E-state index is 2.37. The van der Waals surface area contributed by atoms with Crippen molar-refractivity contribution in [2.75, 3.05) is 18.0 Å². The molecule has 0 radical (unpaired) electrons. The van der Waals surface area contributed by atoms with Gasteiger partial charge in [-0.1, -0.05) is 0 Å². The molecule has 2 rings (SSSR count). The van der Waals surface area contributed by atoms with Crippen LogP contribution in [0.3, 0.4) is 0 Å². The fourth-order valence-corrected chi connectivity index (χ4v) is 2.12. The summed E-state index contributed by atoms with van der Waals surface area (Å²) in [6.07, 6.45) is 2.09. The number of aromatic nitrogens is 1. The molecule has 0 spiro atoms. The van der Waals surface area contributed by atoms with Crippen LogP contribution in [0.4, 0.5) is 5.69 Å². The van der Waals surface area contributed by atoms with E-state index in [1.54, 1.807) is 0 Å². The Labute approximate surface area is 120 Å². The van der Waals surface area contributed by atoms with Gasteiger partial charge in [-0.05, 0) is 32.0 Å². The van der Waals surface area contributed by atoms with Crippen LogP contribution in [0, 0.1) is 0 Å². The Morgan fingerprint density at radius 2 is 1.82 bits per heavy atom. The van der Waals surface area contributed by atoms with Crippen LogP contribution in [0.5, 0.6) is 0 Å². The zero-order valence-corrected chi connectivity index (χ0v) is 12.8. The molecule has 92 valence electrons. The maximum atomic E-state index is 2.37. The highest BCUT2D eigenvalue weighted by Gasteiger charge is 2.07. The zero-order valence-electron chi connectivity index (χ0n) is 10.7. The lowest BCUT2D eigenvalue weighted by atomic mass is 10.2. The van der Waals surface area contributed by atoms with E-state index in [0.29, 0.717) is 0 Å². The van der Waals surface area contributed by atoms with Crippen LogP contribution in [0.25, 0.3) is 10.9 Å². The molecule has 0 aliphatic heterocycles. The Hall–Kier alpha value is -0.840. The molecule has 3 heteroatoms. The summed E-state index contributed by atoms with van der Waals surface area (Å²) in [6, 6.07) is 10.9. The lowest BCUT2D eigenvalue weighted by Crippen LogP contribution is -3.00. The quantitative estimate of drug-likeness (QED) is 0.540. The van der Waals surface area contributed by atoms with Crippen molar-refractivity contribution < 1.29 is 28.5 Å². The van der Waals surface area contributed by atoms with Gasteiger partial charge in [-0.2, -0.15) is 0 Å². The van der Waals surface area contributed by atoms with E-state index in [1.165, 1.54) is 16.6 Å². The van der Waals surface area contributed by atoms with Crippen LogP contribution in [-0.4, -0.2) is 13.1 Å². The fraction of sp³-hybridized carbons (Fsp3) is 0.357. The Bertz CT molecular complexity index is 493. The molecule has 1 aromatic carbocycles. The number of hydrogen-bond acceptors (Lipinski definition) is 1. The van der Waals surface area contributed by atoms with E-state index >= 15 is 0 Å². The number of benzene rings is 1. The van der Waals surface area contributed by atoms with Crippen molar-refractivity contribution in [3.63, 3.8) is 0 Å². The lowest BCUT2D eigenvalue weighted by Gasteiger charge is -2.20. The first kappa shape index (κ1) is 14.2. The SMILES string of the molecule is CCN(CC)c1ccc2ccc[n+](C)c2c1.[I-]. The van der Waals surface area contributed by atoms with Crippen molar-refractivity contribution in [1.29, 1.82) is 0 Å². The third-order valence-electron chi connectivity index (χ3n) is 3.11. The first-order valence-corrected chi connectivity index (χ1v) is 5.89. The van der Waals surface area contributed by atoms with Crippen LogP contribution < -0.4 is 33.4 Å². The number of nitrogens with zero attached hydrogens (tertiary/aromatic N) is 2. The zero-order chi connectivity index (χ0) is 11.5. The summed E-state index contributed by atoms with van der Waals surface area (Å²) in [7, 11) is 2.09. The second-order valence-electron chi connectivity index (χ2n) is 4.03. The second kappa shape index (κ2) is 6.19. The average Bonchev–Trinajstić information content (AvgIpc) is 2.32. The molecule has 0 unspecified atom stereocenters. The number of halogens is 1. The summed E-state index contributed by atoms with van der Waals surface area (Å²) in [5.41, 5.74) is 2.59. The van der Waals surface area contributed by atoms with Gasteiger partial charge in [0.1, 0.15) is 7.05 Å². The number of hydrogen-bond donors (Lipinski definition) is 0. The first-order chi connectivity index (χ1) is 7.76. The predicted octanol–water partition coefficient (Wildman–Crippen LogP) is -0.485. The number of rotatable bonds is 3. The van der Waals surface area contributed by atoms with E-state index in [0.717, 1.165) is 13.1 Å². The minimum atomic E-state index is 0. The van der Waals surface area contributed by atoms with Crippen molar-refractivity contribution in [1.82, 2.24) is 0 Å². The van der Waals surface area contributed by atoms with Crippen LogP contribution >= 0.6 is 0 Å². The molecule has 17 heavy (non-hydrogen) atoms. The van der Waals surface area contributed by atoms with Crippen molar-refractivity contribution in [2.24, 2.45) is 7.05 Å². The van der Waals surface area contributed by atoms with E-state index in [1.807, 2.05) is 0 Å². The van der Waals surface area contributed by atoms with Gasteiger partial charge in [0.25, 0.3) is 0 Å². The van der Waals surface area contributed by atoms with Crippen molar-refractivity contribution in [3.05, 3.63) is 36.5 Å². The summed E-state index contributed by atoms with van der Waals surface area (Å²) < 4.78 is 2.17. The Morgan fingerprint density at radius 1 is 1.12 bits per heavy atom. The molecule has 2 aromatic rings. The van der Waals surface area contributed by atoms with E-state index in [9.17, 15) is 0 Å². The number of aryl methyl sites for hydroxylation is 1. The summed E-state index contributed by atoms with van der Waals surface area (Å²) in [5, 5.41) is 1.29. The Morgan fingerprint density at radius 3 is 2.47 bits per heavy atom. The minimum Gasteiger partial charge on any atom is -1.00 e. The summed E-state index contributed by atoms with van der Waals surface area (Å²) >= 11 is 0. The summed E-state index contributed by atoms with van der Waals surface area (Å²) in [4.78, 5) is 2.37. The number of pyridine rings is 1. The van der Waals surface area contributed by atoms with Gasteiger partial charge in [-0.25, -0.2) is 4.57 Å². The van der Waals surface area contributed by atoms with E-state index in [2.05, 4.69) is 66.9 Å². The van der Waals surface area contributed by atoms with Crippen molar-refractivity contribution in [2.45, 2.75) is 13.8 Å². The van der Waals surface area contributed by atoms with E-state index in [-0.39, 0.29) is 24.0 Å². The monoisotopic (exact) mass is 342 g/mol. The van der Waals surface area contributed by atoms with Crippen molar-refractivity contribution in [3.8, 4) is 0 Å².